The van der Waals surface area contributed by atoms with Crippen LogP contribution in [-0.2, 0) is 11.2 Å². The number of fused-ring (bicyclic) bond motifs is 3. The Bertz CT molecular complexity index is 1550. The minimum Gasteiger partial charge on any atom is -0.481 e. The number of halogens is 2. The molecule has 2 saturated carbocycles. The van der Waals surface area contributed by atoms with Gasteiger partial charge in [0.05, 0.1) is 29.8 Å². The summed E-state index contributed by atoms with van der Waals surface area (Å²) in [6, 6.07) is 22.8. The molecule has 2 aliphatic heterocycles. The van der Waals surface area contributed by atoms with Crippen molar-refractivity contribution in [3.8, 4) is 23.8 Å². The molecule has 1 saturated heterocycles. The lowest BCUT2D eigenvalue weighted by Crippen LogP contribution is -2.50. The number of hydrogen-bond donors (Lipinski definition) is 1. The van der Waals surface area contributed by atoms with Crippen LogP contribution >= 0.6 is 0 Å². The highest BCUT2D eigenvalue weighted by Gasteiger charge is 2.76. The number of likely N-dealkylation sites (tertiary alicyclic amines) is 1. The molecule has 204 valence electrons. The molecule has 4 atom stereocenters. The van der Waals surface area contributed by atoms with Crippen LogP contribution in [0.25, 0.3) is 0 Å². The molecular weight excluding hydrogens is 514 g/mol. The minimum absolute atomic E-state index is 0.0938. The van der Waals surface area contributed by atoms with Gasteiger partial charge in [0.15, 0.2) is 5.60 Å². The van der Waals surface area contributed by atoms with E-state index in [-0.39, 0.29) is 23.9 Å². The Morgan fingerprint density at radius 2 is 1.77 bits per heavy atom. The number of hydrogen-bond acceptors (Lipinski definition) is 7. The molecule has 7 nitrogen and oxygen atoms in total. The fourth-order valence-corrected chi connectivity index (χ4v) is 6.83. The van der Waals surface area contributed by atoms with E-state index in [0.717, 1.165) is 17.7 Å². The van der Waals surface area contributed by atoms with E-state index in [1.54, 1.807) is 30.1 Å². The predicted molar refractivity (Wildman–Crippen MR) is 141 cm³/mol. The molecule has 1 aromatic heterocycles. The number of alkyl halides is 2. The van der Waals surface area contributed by atoms with Crippen LogP contribution in [0.4, 0.5) is 8.78 Å². The Morgan fingerprint density at radius 1 is 1.07 bits per heavy atom. The summed E-state index contributed by atoms with van der Waals surface area (Å²) in [5, 5.41) is 30.9. The molecule has 4 aliphatic rings. The van der Waals surface area contributed by atoms with Gasteiger partial charge in [-0.2, -0.15) is 10.5 Å². The van der Waals surface area contributed by atoms with Crippen molar-refractivity contribution in [1.29, 1.82) is 10.5 Å². The van der Waals surface area contributed by atoms with Crippen LogP contribution in [0.1, 0.15) is 59.5 Å². The average molecular weight is 543 g/mol. The number of rotatable bonds is 3. The van der Waals surface area contributed by atoms with E-state index in [1.807, 2.05) is 48.5 Å². The SMILES string of the molecule is CN1CCC12CC2(F)F.COc1nc(C#N)cc2c1C1(O)CCC(c3ccccc3)C1(c1ccc(C#N)cc1)O2. The van der Waals surface area contributed by atoms with Gasteiger partial charge in [0.1, 0.15) is 23.1 Å². The molecule has 0 bridgehead atoms. The van der Waals surface area contributed by atoms with Crippen molar-refractivity contribution < 1.29 is 23.4 Å². The lowest BCUT2D eigenvalue weighted by atomic mass is 9.72. The molecule has 7 rings (SSSR count). The van der Waals surface area contributed by atoms with Gasteiger partial charge in [0, 0.05) is 24.9 Å². The second kappa shape index (κ2) is 8.99. The zero-order chi connectivity index (χ0) is 28.3. The molecule has 0 radical (unpaired) electrons. The van der Waals surface area contributed by atoms with Crippen molar-refractivity contribution in [1.82, 2.24) is 9.88 Å². The topological polar surface area (TPSA) is 102 Å². The summed E-state index contributed by atoms with van der Waals surface area (Å²) in [6.45, 7) is 0.843. The fourth-order valence-electron chi connectivity index (χ4n) is 6.83. The molecule has 2 aromatic carbocycles. The maximum absolute atomic E-state index is 12.4. The normalized spacial score (nSPS) is 30.4. The number of nitriles is 2. The van der Waals surface area contributed by atoms with Crippen LogP contribution in [0, 0.1) is 22.7 Å². The lowest BCUT2D eigenvalue weighted by Gasteiger charge is -2.40. The number of benzene rings is 2. The van der Waals surface area contributed by atoms with Gasteiger partial charge in [-0.3, -0.25) is 4.90 Å². The number of methoxy groups -OCH3 is 1. The Kier molecular flexibility index (Phi) is 5.88. The lowest BCUT2D eigenvalue weighted by molar-refractivity contribution is -0.106. The summed E-state index contributed by atoms with van der Waals surface area (Å²) < 4.78 is 37.0. The van der Waals surface area contributed by atoms with Crippen LogP contribution in [0.2, 0.25) is 0 Å². The van der Waals surface area contributed by atoms with E-state index in [1.165, 1.54) is 7.11 Å². The summed E-state index contributed by atoms with van der Waals surface area (Å²) in [5.41, 5.74) is -0.272. The van der Waals surface area contributed by atoms with E-state index >= 15 is 0 Å². The van der Waals surface area contributed by atoms with Crippen LogP contribution in [-0.4, -0.2) is 47.2 Å². The molecule has 0 amide bonds. The summed E-state index contributed by atoms with van der Waals surface area (Å²) in [5.74, 6) is -1.93. The van der Waals surface area contributed by atoms with Crippen molar-refractivity contribution >= 4 is 0 Å². The third kappa shape index (κ3) is 3.48. The molecule has 3 aromatic rings. The zero-order valence-electron chi connectivity index (χ0n) is 22.2. The first-order valence-electron chi connectivity index (χ1n) is 13.2. The van der Waals surface area contributed by atoms with Crippen LogP contribution in [0.15, 0.2) is 60.7 Å². The zero-order valence-corrected chi connectivity index (χ0v) is 22.2. The second-order valence-electron chi connectivity index (χ2n) is 11.0. The maximum atomic E-state index is 12.4. The van der Waals surface area contributed by atoms with Crippen molar-refractivity contribution in [2.45, 2.75) is 54.3 Å². The van der Waals surface area contributed by atoms with Gasteiger partial charge >= 0.3 is 0 Å². The van der Waals surface area contributed by atoms with Crippen LogP contribution in [0.3, 0.4) is 0 Å². The molecule has 4 unspecified atom stereocenters. The molecule has 1 spiro atoms. The largest absolute Gasteiger partial charge is 0.481 e. The number of nitrogens with zero attached hydrogens (tertiary/aromatic N) is 4. The third-order valence-corrected chi connectivity index (χ3v) is 9.15. The smallest absolute Gasteiger partial charge is 0.268 e. The summed E-state index contributed by atoms with van der Waals surface area (Å²) in [7, 11) is 3.24. The van der Waals surface area contributed by atoms with Gasteiger partial charge in [0.2, 0.25) is 5.88 Å². The number of ether oxygens (including phenoxy) is 2. The molecule has 9 heteroatoms. The van der Waals surface area contributed by atoms with E-state index < -0.39 is 22.7 Å². The molecule has 40 heavy (non-hydrogen) atoms. The van der Waals surface area contributed by atoms with Crippen molar-refractivity contribution in [3.05, 3.63) is 88.6 Å². The molecular formula is C31H28F2N4O3. The van der Waals surface area contributed by atoms with Crippen molar-refractivity contribution in [2.24, 2.45) is 0 Å². The first kappa shape index (κ1) is 26.2. The predicted octanol–water partition coefficient (Wildman–Crippen LogP) is 4.99. The second-order valence-corrected chi connectivity index (χ2v) is 11.0. The van der Waals surface area contributed by atoms with Gasteiger partial charge in [-0.05, 0) is 49.6 Å². The Hall–Kier alpha value is -4.05. The fraction of sp³-hybridized carbons (Fsp3) is 0.387. The highest BCUT2D eigenvalue weighted by atomic mass is 19.3. The van der Waals surface area contributed by atoms with Gasteiger partial charge in [0.25, 0.3) is 5.92 Å². The van der Waals surface area contributed by atoms with Gasteiger partial charge in [-0.15, -0.1) is 0 Å². The van der Waals surface area contributed by atoms with Crippen LogP contribution < -0.4 is 9.47 Å². The van der Waals surface area contributed by atoms with Crippen molar-refractivity contribution in [2.75, 3.05) is 20.7 Å². The standard InChI is InChI=1S/C25H19N3O3.C6H9F2N/c1-30-23-22-21(13-19(15-27)28-23)31-25(18-9-7-16(14-26)8-10-18)20(11-12-24(22,25)29)17-5-3-2-4-6-17;1-9-3-2-5(9)4-6(5,7)8/h2-10,13,20,29H,11-12H2,1H3;2-4H2,1H3. The van der Waals surface area contributed by atoms with E-state index in [2.05, 4.69) is 11.1 Å². The average Bonchev–Trinajstić information content (AvgIpc) is 3.36. The maximum Gasteiger partial charge on any atom is 0.268 e. The van der Waals surface area contributed by atoms with Crippen LogP contribution in [0.5, 0.6) is 11.6 Å². The number of pyridine rings is 1. The van der Waals surface area contributed by atoms with E-state index in [0.29, 0.717) is 36.1 Å². The molecule has 1 N–H and O–H groups in total. The first-order chi connectivity index (χ1) is 19.2. The van der Waals surface area contributed by atoms with Gasteiger partial charge in [-0.25, -0.2) is 13.8 Å². The Labute approximate surface area is 231 Å². The monoisotopic (exact) mass is 542 g/mol. The molecule has 3 heterocycles. The van der Waals surface area contributed by atoms with E-state index in [9.17, 15) is 24.4 Å². The van der Waals surface area contributed by atoms with Gasteiger partial charge in [-0.1, -0.05) is 42.5 Å². The van der Waals surface area contributed by atoms with Gasteiger partial charge < -0.3 is 14.6 Å². The summed E-state index contributed by atoms with van der Waals surface area (Å²) >= 11 is 0. The summed E-state index contributed by atoms with van der Waals surface area (Å²) in [6.07, 6.45) is 1.90. The number of aromatic nitrogens is 1. The van der Waals surface area contributed by atoms with Crippen molar-refractivity contribution in [3.63, 3.8) is 0 Å². The molecule has 2 aliphatic carbocycles. The highest BCUT2D eigenvalue weighted by molar-refractivity contribution is 5.58. The highest BCUT2D eigenvalue weighted by Crippen LogP contribution is 2.68. The minimum atomic E-state index is -2.36. The Balaban J connectivity index is 0.000000271. The summed E-state index contributed by atoms with van der Waals surface area (Å²) in [4.78, 5) is 6.03. The third-order valence-electron chi connectivity index (χ3n) is 9.15. The Morgan fingerprint density at radius 3 is 2.27 bits per heavy atom. The quantitative estimate of drug-likeness (QED) is 0.498. The molecule has 3 fully saturated rings. The number of aliphatic hydroxyl groups is 1. The first-order valence-corrected chi connectivity index (χ1v) is 13.2. The van der Waals surface area contributed by atoms with E-state index in [4.69, 9.17) is 9.47 Å².